The first kappa shape index (κ1) is 14.7. The van der Waals surface area contributed by atoms with Gasteiger partial charge in [0.05, 0.1) is 0 Å². The van der Waals surface area contributed by atoms with Crippen molar-refractivity contribution in [3.63, 3.8) is 0 Å². The van der Waals surface area contributed by atoms with Crippen LogP contribution in [0.25, 0.3) is 0 Å². The van der Waals surface area contributed by atoms with Crippen molar-refractivity contribution < 1.29 is 4.74 Å². The summed E-state index contributed by atoms with van der Waals surface area (Å²) in [6.07, 6.45) is 6.83. The smallest absolute Gasteiger partial charge is 0.125 e. The molecule has 120 valence electrons. The van der Waals surface area contributed by atoms with Crippen molar-refractivity contribution in [2.24, 2.45) is 5.92 Å². The zero-order chi connectivity index (χ0) is 15.5. The van der Waals surface area contributed by atoms with Gasteiger partial charge in [0.1, 0.15) is 5.82 Å². The third-order valence-corrected chi connectivity index (χ3v) is 5.31. The molecule has 1 N–H and O–H groups in total. The number of aromatic nitrogens is 1. The van der Waals surface area contributed by atoms with Crippen LogP contribution < -0.4 is 5.32 Å². The van der Waals surface area contributed by atoms with Crippen LogP contribution in [-0.4, -0.2) is 24.7 Å². The van der Waals surface area contributed by atoms with E-state index < -0.39 is 0 Å². The highest BCUT2D eigenvalue weighted by molar-refractivity contribution is 5.46. The summed E-state index contributed by atoms with van der Waals surface area (Å²) < 4.78 is 5.41. The maximum atomic E-state index is 5.41. The first-order valence-electron chi connectivity index (χ1n) is 8.70. The number of rotatable bonds is 5. The number of nitrogens with one attached hydrogen (secondary N) is 1. The second-order valence-electron chi connectivity index (χ2n) is 6.82. The minimum Gasteiger partial charge on any atom is -0.381 e. The average Bonchev–Trinajstić information content (AvgIpc) is 3.44. The standard InChI is InChI=1S/C20H24N2O/c1-2-4-17(5-3-1)20(10-11-20)18-6-7-19(22-15-18)21-14-16-8-12-23-13-9-16/h1-7,15-16H,8-14H2,(H,21,22). The lowest BCUT2D eigenvalue weighted by atomic mass is 9.89. The third-order valence-electron chi connectivity index (χ3n) is 5.31. The molecule has 1 aromatic heterocycles. The molecule has 2 heterocycles. The van der Waals surface area contributed by atoms with Gasteiger partial charge in [0, 0.05) is 31.4 Å². The highest BCUT2D eigenvalue weighted by Crippen LogP contribution is 2.53. The number of benzene rings is 1. The van der Waals surface area contributed by atoms with Gasteiger partial charge >= 0.3 is 0 Å². The van der Waals surface area contributed by atoms with E-state index in [1.165, 1.54) is 24.0 Å². The van der Waals surface area contributed by atoms with E-state index in [0.717, 1.165) is 38.4 Å². The van der Waals surface area contributed by atoms with Gasteiger partial charge in [-0.25, -0.2) is 4.98 Å². The van der Waals surface area contributed by atoms with E-state index in [0.29, 0.717) is 5.92 Å². The van der Waals surface area contributed by atoms with Gasteiger partial charge in [-0.1, -0.05) is 36.4 Å². The van der Waals surface area contributed by atoms with Crippen molar-refractivity contribution in [1.29, 1.82) is 0 Å². The number of anilines is 1. The van der Waals surface area contributed by atoms with Crippen molar-refractivity contribution >= 4 is 5.82 Å². The Balaban J connectivity index is 1.42. The fourth-order valence-electron chi connectivity index (χ4n) is 3.61. The Labute approximate surface area is 138 Å². The lowest BCUT2D eigenvalue weighted by Gasteiger charge is -2.22. The summed E-state index contributed by atoms with van der Waals surface area (Å²) in [5, 5.41) is 3.49. The number of hydrogen-bond donors (Lipinski definition) is 1. The molecule has 1 aliphatic heterocycles. The summed E-state index contributed by atoms with van der Waals surface area (Å²) >= 11 is 0. The summed E-state index contributed by atoms with van der Waals surface area (Å²) in [6.45, 7) is 2.80. The monoisotopic (exact) mass is 308 g/mol. The molecule has 2 aromatic rings. The molecule has 2 fully saturated rings. The van der Waals surface area contributed by atoms with Crippen LogP contribution in [0.3, 0.4) is 0 Å². The Hall–Kier alpha value is -1.87. The van der Waals surface area contributed by atoms with Gasteiger partial charge < -0.3 is 10.1 Å². The van der Waals surface area contributed by atoms with Gasteiger partial charge in [0.2, 0.25) is 0 Å². The van der Waals surface area contributed by atoms with E-state index in [-0.39, 0.29) is 5.41 Å². The predicted octanol–water partition coefficient (Wildman–Crippen LogP) is 4.00. The van der Waals surface area contributed by atoms with E-state index in [1.54, 1.807) is 0 Å². The zero-order valence-corrected chi connectivity index (χ0v) is 13.5. The van der Waals surface area contributed by atoms with Gasteiger partial charge in [-0.15, -0.1) is 0 Å². The second-order valence-corrected chi connectivity index (χ2v) is 6.82. The van der Waals surface area contributed by atoms with Crippen LogP contribution >= 0.6 is 0 Å². The number of pyridine rings is 1. The molecular weight excluding hydrogens is 284 g/mol. The molecule has 1 saturated carbocycles. The van der Waals surface area contributed by atoms with Crippen molar-refractivity contribution in [2.45, 2.75) is 31.1 Å². The van der Waals surface area contributed by atoms with Crippen LogP contribution in [-0.2, 0) is 10.2 Å². The van der Waals surface area contributed by atoms with Crippen molar-refractivity contribution in [3.8, 4) is 0 Å². The van der Waals surface area contributed by atoms with Crippen LogP contribution in [0, 0.1) is 5.92 Å². The molecule has 1 aliphatic carbocycles. The highest BCUT2D eigenvalue weighted by Gasteiger charge is 2.45. The minimum absolute atomic E-state index is 0.216. The Morgan fingerprint density at radius 2 is 1.78 bits per heavy atom. The SMILES string of the molecule is c1ccc(C2(c3ccc(NCC4CCOCC4)nc3)CC2)cc1. The molecule has 0 amide bonds. The maximum Gasteiger partial charge on any atom is 0.125 e. The normalized spacial score (nSPS) is 20.2. The molecule has 0 bridgehead atoms. The van der Waals surface area contributed by atoms with Gasteiger partial charge in [0.25, 0.3) is 0 Å². The van der Waals surface area contributed by atoms with E-state index in [1.807, 2.05) is 0 Å². The van der Waals surface area contributed by atoms with Crippen LogP contribution in [0.4, 0.5) is 5.82 Å². The molecular formula is C20H24N2O. The summed E-state index contributed by atoms with van der Waals surface area (Å²) in [5.74, 6) is 1.70. The predicted molar refractivity (Wildman–Crippen MR) is 92.7 cm³/mol. The second kappa shape index (κ2) is 6.32. The molecule has 1 aromatic carbocycles. The van der Waals surface area contributed by atoms with Gasteiger partial charge in [-0.2, -0.15) is 0 Å². The van der Waals surface area contributed by atoms with Crippen molar-refractivity contribution in [2.75, 3.05) is 25.1 Å². The van der Waals surface area contributed by atoms with Gasteiger partial charge in [-0.3, -0.25) is 0 Å². The molecule has 1 saturated heterocycles. The van der Waals surface area contributed by atoms with Crippen molar-refractivity contribution in [3.05, 3.63) is 59.8 Å². The lowest BCUT2D eigenvalue weighted by molar-refractivity contribution is 0.0699. The van der Waals surface area contributed by atoms with E-state index >= 15 is 0 Å². The van der Waals surface area contributed by atoms with Crippen molar-refractivity contribution in [1.82, 2.24) is 4.98 Å². The molecule has 4 rings (SSSR count). The maximum absolute atomic E-state index is 5.41. The summed E-state index contributed by atoms with van der Waals surface area (Å²) in [5.41, 5.74) is 2.98. The van der Waals surface area contributed by atoms with Crippen LogP contribution in [0.1, 0.15) is 36.8 Å². The average molecular weight is 308 g/mol. The summed E-state index contributed by atoms with van der Waals surface area (Å²) in [6, 6.07) is 15.2. The fourth-order valence-corrected chi connectivity index (χ4v) is 3.61. The Morgan fingerprint density at radius 3 is 2.43 bits per heavy atom. The molecule has 0 atom stereocenters. The minimum atomic E-state index is 0.216. The Morgan fingerprint density at radius 1 is 1.00 bits per heavy atom. The largest absolute Gasteiger partial charge is 0.381 e. The molecule has 0 spiro atoms. The van der Waals surface area contributed by atoms with Crippen LogP contribution in [0.5, 0.6) is 0 Å². The molecule has 23 heavy (non-hydrogen) atoms. The fraction of sp³-hybridized carbons (Fsp3) is 0.450. The van der Waals surface area contributed by atoms with E-state index in [4.69, 9.17) is 4.74 Å². The summed E-state index contributed by atoms with van der Waals surface area (Å²) in [4.78, 5) is 4.65. The highest BCUT2D eigenvalue weighted by atomic mass is 16.5. The number of hydrogen-bond acceptors (Lipinski definition) is 3. The lowest BCUT2D eigenvalue weighted by Crippen LogP contribution is -2.23. The zero-order valence-electron chi connectivity index (χ0n) is 13.5. The molecule has 2 aliphatic rings. The first-order valence-corrected chi connectivity index (χ1v) is 8.70. The molecule has 0 radical (unpaired) electrons. The van der Waals surface area contributed by atoms with E-state index in [2.05, 4.69) is 59.0 Å². The number of ether oxygens (including phenoxy) is 1. The quantitative estimate of drug-likeness (QED) is 0.906. The van der Waals surface area contributed by atoms with Crippen LogP contribution in [0.2, 0.25) is 0 Å². The Kier molecular flexibility index (Phi) is 4.04. The van der Waals surface area contributed by atoms with Crippen LogP contribution in [0.15, 0.2) is 48.7 Å². The third kappa shape index (κ3) is 3.11. The van der Waals surface area contributed by atoms with Gasteiger partial charge in [0.15, 0.2) is 0 Å². The molecule has 0 unspecified atom stereocenters. The first-order chi connectivity index (χ1) is 11.4. The number of nitrogens with zero attached hydrogens (tertiary/aromatic N) is 1. The topological polar surface area (TPSA) is 34.1 Å². The van der Waals surface area contributed by atoms with E-state index in [9.17, 15) is 0 Å². The summed E-state index contributed by atoms with van der Waals surface area (Å²) in [7, 11) is 0. The molecule has 3 nitrogen and oxygen atoms in total. The van der Waals surface area contributed by atoms with Gasteiger partial charge in [-0.05, 0) is 48.8 Å². The molecule has 3 heteroatoms. The Bertz CT molecular complexity index is 628.